The molecule has 1 aliphatic heterocycles. The number of benzene rings is 9. The van der Waals surface area contributed by atoms with Crippen LogP contribution in [0.4, 0.5) is 22.7 Å². The molecule has 0 spiro atoms. The van der Waals surface area contributed by atoms with Gasteiger partial charge in [-0.05, 0) is 230 Å². The number of pyridine rings is 5. The Morgan fingerprint density at radius 3 is 0.859 bits per heavy atom. The molecule has 0 radical (unpaired) electrons. The number of ether oxygens (including phenoxy) is 4. The first kappa shape index (κ1) is 100. The van der Waals surface area contributed by atoms with Crippen molar-refractivity contribution in [2.75, 3.05) is 95.8 Å². The summed E-state index contributed by atoms with van der Waals surface area (Å²) >= 11 is 11.6. The van der Waals surface area contributed by atoms with Crippen LogP contribution in [-0.4, -0.2) is 175 Å². The molecule has 23 heteroatoms. The minimum Gasteiger partial charge on any atom is -0.508 e. The van der Waals surface area contributed by atoms with E-state index in [0.29, 0.717) is 21.6 Å². The van der Waals surface area contributed by atoms with Crippen LogP contribution in [0.5, 0.6) is 28.7 Å². The van der Waals surface area contributed by atoms with Gasteiger partial charge in [-0.1, -0.05) is 138 Å². The number of aliphatic hydroxyl groups excluding tert-OH is 4. The lowest BCUT2D eigenvalue weighted by atomic mass is 9.79. The Hall–Kier alpha value is -11.4. The van der Waals surface area contributed by atoms with Gasteiger partial charge in [0.2, 0.25) is 0 Å². The predicted octanol–water partition coefficient (Wildman–Crippen LogP) is 22.6. The number of nitrogens with zero attached hydrogens (tertiary/aromatic N) is 9. The standard InChI is InChI=1S/C22H26N2O.C21H24N2O2.C20H22N2O3.C14H22BNO2.C14H16ClNO.C9H6ClNO.C5H12O/c1-5-19(6-2)25-20-13-9-17-10-14-21(23-22(17)15-20)16-7-11-18(12-8-16)24(3)4;1-4-18(14-24)25-19-11-7-16-8-12-20(22-21(16)13-19)15-5-9-17(10-6-15)23(2)3;1-22(2)16-7-3-14(4-8-16)19-10-6-15-5-9-17(11-20(15)21-19)25-18(12-23)13-24;1-13(2)14(3,4)18-15(17-13)11-7-9-12(10-8-11)16(5)6;1-3-11(4-2)17-12-7-5-10-6-8-14(15)16-13(10)9-12;10-9-4-2-6-1-3-7(12)5-8(6)11-9;1-3-5(6)4-2/h7-15,19H,5-6H2,1-4H3;5-13,18,24H,4,14H2,1-3H3;3-11,18,23-24H,12-13H2,1-2H3;7-10H,1-6H3;5-9,11H,3-4H2,1-2H3;1-5,12H;5-6H,3-4H2,1-2H3. The molecule has 1 unspecified atom stereocenters. The number of aliphatic hydroxyl groups is 4. The molecule has 0 bridgehead atoms. The Labute approximate surface area is 767 Å². The molecule has 6 heterocycles. The first-order chi connectivity index (χ1) is 61.3. The molecule has 5 aromatic heterocycles. The highest BCUT2D eigenvalue weighted by atomic mass is 35.5. The molecule has 1 atom stereocenters. The minimum absolute atomic E-state index is 0.0141. The summed E-state index contributed by atoms with van der Waals surface area (Å²) in [5.41, 5.74) is 15.5. The molecule has 15 rings (SSSR count). The summed E-state index contributed by atoms with van der Waals surface area (Å²) in [6.07, 6.45) is 6.25. The summed E-state index contributed by atoms with van der Waals surface area (Å²) in [6, 6.07) is 81.6. The van der Waals surface area contributed by atoms with Gasteiger partial charge >= 0.3 is 7.12 Å². The topological polar surface area (TPSA) is 234 Å². The maximum absolute atomic E-state index is 9.31. The molecule has 20 nitrogen and oxygen atoms in total. The number of phenols is 1. The smallest absolute Gasteiger partial charge is 0.494 e. The third-order valence-electron chi connectivity index (χ3n) is 22.3. The summed E-state index contributed by atoms with van der Waals surface area (Å²) in [6.45, 7) is 22.4. The minimum atomic E-state index is -0.626. The zero-order valence-corrected chi connectivity index (χ0v) is 79.2. The maximum Gasteiger partial charge on any atom is 0.494 e. The fourth-order valence-electron chi connectivity index (χ4n) is 13.3. The number of aromatic hydroxyl groups is 1. The Balaban J connectivity index is 0.000000173. The van der Waals surface area contributed by atoms with E-state index in [2.05, 4.69) is 206 Å². The van der Waals surface area contributed by atoms with Crippen molar-refractivity contribution in [3.05, 3.63) is 259 Å². The summed E-state index contributed by atoms with van der Waals surface area (Å²) in [5, 5.41) is 51.6. The normalized spacial score (nSPS) is 12.6. The van der Waals surface area contributed by atoms with Crippen LogP contribution in [0, 0.1) is 0 Å². The lowest BCUT2D eigenvalue weighted by molar-refractivity contribution is 0.00578. The summed E-state index contributed by atoms with van der Waals surface area (Å²) in [7, 11) is 16.0. The van der Waals surface area contributed by atoms with E-state index < -0.39 is 6.10 Å². The molecule has 676 valence electrons. The van der Waals surface area contributed by atoms with E-state index in [-0.39, 0.29) is 68.3 Å². The van der Waals surface area contributed by atoms with E-state index in [9.17, 15) is 5.11 Å². The van der Waals surface area contributed by atoms with E-state index in [1.807, 2.05) is 174 Å². The van der Waals surface area contributed by atoms with Crippen LogP contribution < -0.4 is 44.0 Å². The summed E-state index contributed by atoms with van der Waals surface area (Å²) in [4.78, 5) is 31.0. The SMILES string of the molecule is CCC(CC)Oc1ccc2ccc(-c3ccc(N(C)C)cc3)nc2c1.CCC(CC)Oc1ccc2ccc(Cl)nc2c1.CCC(CO)Oc1ccc2ccc(-c3ccc(N(C)C)cc3)nc2c1.CCC(O)CC.CN(C)c1ccc(-c2ccc3ccc(OC(CO)CO)cc3n2)cc1.CN(C)c1ccc(B2OC(C)(C)C(C)(C)O2)cc1.Oc1ccc2ccc(Cl)nc2c1. The first-order valence-electron chi connectivity index (χ1n) is 44.0. The summed E-state index contributed by atoms with van der Waals surface area (Å²) in [5.74, 6) is 3.28. The average molecular weight is 1770 g/mol. The van der Waals surface area contributed by atoms with Gasteiger partial charge in [0.1, 0.15) is 51.3 Å². The number of aromatic nitrogens is 5. The molecule has 0 amide bonds. The van der Waals surface area contributed by atoms with Crippen molar-refractivity contribution < 1.29 is 53.8 Å². The lowest BCUT2D eigenvalue weighted by Crippen LogP contribution is -2.41. The van der Waals surface area contributed by atoms with Crippen LogP contribution in [-0.2, 0) is 9.31 Å². The van der Waals surface area contributed by atoms with Crippen LogP contribution in [0.15, 0.2) is 249 Å². The van der Waals surface area contributed by atoms with Crippen LogP contribution in [0.3, 0.4) is 0 Å². The van der Waals surface area contributed by atoms with Crippen molar-refractivity contribution in [3.63, 3.8) is 0 Å². The van der Waals surface area contributed by atoms with Crippen molar-refractivity contribution in [3.8, 4) is 62.5 Å². The molecular formula is C105H128BCl2N9O11. The van der Waals surface area contributed by atoms with Crippen molar-refractivity contribution in [1.82, 2.24) is 24.9 Å². The molecule has 5 N–H and O–H groups in total. The van der Waals surface area contributed by atoms with Crippen LogP contribution in [0.2, 0.25) is 10.3 Å². The molecule has 128 heavy (non-hydrogen) atoms. The Kier molecular flexibility index (Phi) is 38.2. The zero-order chi connectivity index (χ0) is 92.8. The van der Waals surface area contributed by atoms with Gasteiger partial charge < -0.3 is 73.4 Å². The number of hydrogen-bond acceptors (Lipinski definition) is 20. The highest BCUT2D eigenvalue weighted by Gasteiger charge is 2.51. The molecule has 0 saturated carbocycles. The van der Waals surface area contributed by atoms with Crippen molar-refractivity contribution in [1.29, 1.82) is 0 Å². The second-order valence-electron chi connectivity index (χ2n) is 33.1. The number of hydrogen-bond donors (Lipinski definition) is 5. The van der Waals surface area contributed by atoms with E-state index in [4.69, 9.17) is 86.8 Å². The fraction of sp³-hybridized carbons (Fsp3) is 0.343. The van der Waals surface area contributed by atoms with E-state index >= 15 is 0 Å². The second kappa shape index (κ2) is 48.7. The van der Waals surface area contributed by atoms with Crippen LogP contribution in [0.25, 0.3) is 88.3 Å². The zero-order valence-electron chi connectivity index (χ0n) is 77.7. The highest BCUT2D eigenvalue weighted by Crippen LogP contribution is 2.38. The Bertz CT molecular complexity index is 5360. The van der Waals surface area contributed by atoms with Crippen LogP contribution >= 0.6 is 23.2 Å². The van der Waals surface area contributed by atoms with Gasteiger partial charge in [-0.2, -0.15) is 0 Å². The third kappa shape index (κ3) is 29.1. The van der Waals surface area contributed by atoms with E-state index in [1.54, 1.807) is 30.3 Å². The molecule has 1 aliphatic rings. The molecule has 9 aromatic carbocycles. The number of fused-ring (bicyclic) bond motifs is 5. The Morgan fingerprint density at radius 2 is 0.578 bits per heavy atom. The number of halogens is 2. The lowest BCUT2D eigenvalue weighted by Gasteiger charge is -2.32. The van der Waals surface area contributed by atoms with Gasteiger partial charge in [-0.25, -0.2) is 24.9 Å². The van der Waals surface area contributed by atoms with Crippen molar-refractivity contribution in [2.24, 2.45) is 0 Å². The molecular weight excluding hydrogens is 1640 g/mol. The van der Waals surface area contributed by atoms with Crippen molar-refractivity contribution in [2.45, 2.75) is 163 Å². The summed E-state index contributed by atoms with van der Waals surface area (Å²) < 4.78 is 35.3. The number of rotatable bonds is 26. The highest BCUT2D eigenvalue weighted by molar-refractivity contribution is 6.62. The Morgan fingerprint density at radius 1 is 0.320 bits per heavy atom. The second-order valence-corrected chi connectivity index (χ2v) is 33.8. The van der Waals surface area contributed by atoms with Gasteiger partial charge in [0.15, 0.2) is 0 Å². The molecule has 0 aliphatic carbocycles. The monoisotopic (exact) mass is 1770 g/mol. The fourth-order valence-corrected chi connectivity index (χ4v) is 13.6. The largest absolute Gasteiger partial charge is 0.508 e. The van der Waals surface area contributed by atoms with Gasteiger partial charge in [0.05, 0.1) is 94.0 Å². The average Bonchev–Trinajstić information content (AvgIpc) is 1.61. The molecule has 14 aromatic rings. The van der Waals surface area contributed by atoms with Crippen LogP contribution in [0.1, 0.15) is 121 Å². The first-order valence-corrected chi connectivity index (χ1v) is 44.8. The molecule has 1 fully saturated rings. The number of anilines is 4. The quantitative estimate of drug-likeness (QED) is 0.0250. The van der Waals surface area contributed by atoms with Crippen molar-refractivity contribution >= 4 is 113 Å². The van der Waals surface area contributed by atoms with Gasteiger partial charge in [0, 0.05) is 153 Å². The number of phenolic OH excluding ortho intramolecular Hbond substituents is 1. The van der Waals surface area contributed by atoms with Gasteiger partial charge in [0.25, 0.3) is 0 Å². The molecule has 1 saturated heterocycles. The maximum atomic E-state index is 9.31. The third-order valence-corrected chi connectivity index (χ3v) is 22.7. The van der Waals surface area contributed by atoms with E-state index in [1.165, 1.54) is 11.4 Å². The van der Waals surface area contributed by atoms with E-state index in [0.717, 1.165) is 162 Å². The predicted molar refractivity (Wildman–Crippen MR) is 533 cm³/mol. The van der Waals surface area contributed by atoms with Gasteiger partial charge in [-0.3, -0.25) is 0 Å². The van der Waals surface area contributed by atoms with Gasteiger partial charge in [-0.15, -0.1) is 0 Å².